The van der Waals surface area contributed by atoms with Crippen molar-refractivity contribution in [3.8, 4) is 0 Å². The number of alkyl halides is 3. The van der Waals surface area contributed by atoms with Crippen LogP contribution in [0.1, 0.15) is 51.3 Å². The summed E-state index contributed by atoms with van der Waals surface area (Å²) in [6.07, 6.45) is -0.684. The Labute approximate surface area is 180 Å². The number of anilines is 1. The van der Waals surface area contributed by atoms with Crippen LogP contribution in [-0.2, 0) is 22.1 Å². The Morgan fingerprint density at radius 2 is 2.00 bits per heavy atom. The van der Waals surface area contributed by atoms with Gasteiger partial charge >= 0.3 is 12.3 Å². The number of ether oxygens (including phenoxy) is 1. The quantitative estimate of drug-likeness (QED) is 0.632. The smallest absolute Gasteiger partial charge is 0.417 e. The summed E-state index contributed by atoms with van der Waals surface area (Å²) in [6, 6.07) is 0.955. The van der Waals surface area contributed by atoms with E-state index in [9.17, 15) is 22.8 Å². The fourth-order valence-electron chi connectivity index (χ4n) is 4.11. The molecule has 2 bridgehead atoms. The van der Waals surface area contributed by atoms with Gasteiger partial charge in [0, 0.05) is 25.5 Å². The Bertz CT molecular complexity index is 864. The monoisotopic (exact) mass is 439 g/mol. The molecule has 1 aromatic heterocycles. The number of hydrogen-bond donors (Lipinski definition) is 0. The van der Waals surface area contributed by atoms with Crippen molar-refractivity contribution in [1.29, 1.82) is 0 Å². The minimum atomic E-state index is -4.57. The Morgan fingerprint density at radius 1 is 1.29 bits per heavy atom. The first-order valence-electron chi connectivity index (χ1n) is 10.4. The van der Waals surface area contributed by atoms with Crippen LogP contribution in [0.3, 0.4) is 0 Å². The Morgan fingerprint density at radius 3 is 2.61 bits per heavy atom. The molecule has 0 radical (unpaired) electrons. The second kappa shape index (κ2) is 8.51. The van der Waals surface area contributed by atoms with Crippen molar-refractivity contribution < 1.29 is 27.5 Å². The highest BCUT2D eigenvalue weighted by molar-refractivity contribution is 5.97. The minimum Gasteiger partial charge on any atom is -0.444 e. The molecule has 2 amide bonds. The van der Waals surface area contributed by atoms with Crippen LogP contribution in [0.25, 0.3) is 0 Å². The van der Waals surface area contributed by atoms with Gasteiger partial charge in [-0.15, -0.1) is 0 Å². The van der Waals surface area contributed by atoms with E-state index in [-0.39, 0.29) is 24.1 Å². The lowest BCUT2D eigenvalue weighted by atomic mass is 9.89. The number of carbonyl (C=O) groups is 2. The van der Waals surface area contributed by atoms with E-state index in [0.29, 0.717) is 37.9 Å². The summed E-state index contributed by atoms with van der Waals surface area (Å²) in [6.45, 7) is 9.58. The molecule has 31 heavy (non-hydrogen) atoms. The van der Waals surface area contributed by atoms with Crippen LogP contribution in [0.2, 0.25) is 0 Å². The molecule has 3 rings (SSSR count). The van der Waals surface area contributed by atoms with Crippen LogP contribution in [0.15, 0.2) is 25.0 Å². The molecular weight excluding hydrogens is 411 g/mol. The minimum absolute atomic E-state index is 0.102. The molecule has 1 aromatic rings. The topological polar surface area (TPSA) is 62.7 Å². The van der Waals surface area contributed by atoms with Crippen molar-refractivity contribution in [3.05, 3.63) is 36.3 Å². The number of aromatic nitrogens is 1. The summed E-state index contributed by atoms with van der Waals surface area (Å²) in [4.78, 5) is 32.7. The first-order valence-corrected chi connectivity index (χ1v) is 10.4. The highest BCUT2D eigenvalue weighted by Gasteiger charge is 2.38. The average molecular weight is 439 g/mol. The third kappa shape index (κ3) is 5.37. The number of nitrogens with zero attached hydrogens (tertiary/aromatic N) is 3. The van der Waals surface area contributed by atoms with E-state index in [0.717, 1.165) is 17.2 Å². The lowest BCUT2D eigenvalue weighted by Crippen LogP contribution is -2.43. The van der Waals surface area contributed by atoms with Crippen LogP contribution < -0.4 is 4.90 Å². The van der Waals surface area contributed by atoms with Gasteiger partial charge in [-0.05, 0) is 58.4 Å². The first kappa shape index (κ1) is 23.1. The molecule has 0 aromatic carbocycles. The zero-order chi connectivity index (χ0) is 23.0. The van der Waals surface area contributed by atoms with Crippen LogP contribution in [-0.4, -0.2) is 40.6 Å². The van der Waals surface area contributed by atoms with Crippen LogP contribution in [0, 0.1) is 11.8 Å². The number of rotatable bonds is 1. The fraction of sp³-hybridized carbons (Fsp3) is 0.591. The van der Waals surface area contributed by atoms with Gasteiger partial charge in [-0.3, -0.25) is 14.7 Å². The number of carbonyl (C=O) groups excluding carboxylic acids is 2. The molecule has 2 aliphatic heterocycles. The molecule has 2 atom stereocenters. The average Bonchev–Trinajstić information content (AvgIpc) is 2.85. The standard InChI is InChI=1S/C22H28F3N3O3/c1-5-28-18-11-16(22(23,24)25)12-26-17(18)7-6-14-8-9-27(13-15(10-14)19(28)29)20(30)31-21(2,3)4/h5,11-12,14-15H,1,6-10,13H2,2-4H3. The van der Waals surface area contributed by atoms with Gasteiger partial charge in [-0.1, -0.05) is 6.58 Å². The Balaban J connectivity index is 1.95. The maximum Gasteiger partial charge on any atom is 0.417 e. The molecule has 0 N–H and O–H groups in total. The number of halogens is 3. The van der Waals surface area contributed by atoms with Crippen molar-refractivity contribution in [1.82, 2.24) is 9.88 Å². The zero-order valence-electron chi connectivity index (χ0n) is 18.0. The molecule has 1 fully saturated rings. The van der Waals surface area contributed by atoms with E-state index < -0.39 is 29.4 Å². The van der Waals surface area contributed by atoms with Crippen LogP contribution in [0.4, 0.5) is 23.7 Å². The summed E-state index contributed by atoms with van der Waals surface area (Å²) in [5, 5.41) is 0. The number of hydrogen-bond acceptors (Lipinski definition) is 4. The van der Waals surface area contributed by atoms with Gasteiger partial charge in [-0.2, -0.15) is 13.2 Å². The van der Waals surface area contributed by atoms with Crippen molar-refractivity contribution in [2.75, 3.05) is 18.0 Å². The summed E-state index contributed by atoms with van der Waals surface area (Å²) in [5.41, 5.74) is -1.04. The lowest BCUT2D eigenvalue weighted by molar-refractivity contribution is -0.137. The van der Waals surface area contributed by atoms with Gasteiger partial charge in [0.2, 0.25) is 5.91 Å². The number of aryl methyl sites for hydroxylation is 1. The van der Waals surface area contributed by atoms with Crippen molar-refractivity contribution in [3.63, 3.8) is 0 Å². The van der Waals surface area contributed by atoms with Crippen LogP contribution in [0.5, 0.6) is 0 Å². The van der Waals surface area contributed by atoms with Gasteiger partial charge in [0.05, 0.1) is 22.9 Å². The number of amides is 2. The number of fused-ring (bicyclic) bond motifs is 3. The largest absolute Gasteiger partial charge is 0.444 e. The molecule has 170 valence electrons. The molecular formula is C22H28F3N3O3. The molecule has 2 aliphatic rings. The number of likely N-dealkylation sites (tertiary alicyclic amines) is 1. The van der Waals surface area contributed by atoms with E-state index in [2.05, 4.69) is 11.6 Å². The summed E-state index contributed by atoms with van der Waals surface area (Å²) >= 11 is 0. The van der Waals surface area contributed by atoms with Gasteiger partial charge in [0.15, 0.2) is 0 Å². The second-order valence-corrected chi connectivity index (χ2v) is 9.13. The van der Waals surface area contributed by atoms with E-state index in [1.54, 1.807) is 20.8 Å². The highest BCUT2D eigenvalue weighted by atomic mass is 19.4. The van der Waals surface area contributed by atoms with Crippen molar-refractivity contribution in [2.45, 2.75) is 58.2 Å². The van der Waals surface area contributed by atoms with Gasteiger partial charge in [0.25, 0.3) is 0 Å². The molecule has 0 aliphatic carbocycles. The van der Waals surface area contributed by atoms with Crippen LogP contribution >= 0.6 is 0 Å². The molecule has 9 heteroatoms. The van der Waals surface area contributed by atoms with E-state index in [1.807, 2.05) is 0 Å². The molecule has 1 saturated heterocycles. The Kier molecular flexibility index (Phi) is 6.34. The third-order valence-electron chi connectivity index (χ3n) is 5.61. The molecule has 2 unspecified atom stereocenters. The molecule has 3 heterocycles. The van der Waals surface area contributed by atoms with Gasteiger partial charge < -0.3 is 9.64 Å². The number of pyridine rings is 1. The summed E-state index contributed by atoms with van der Waals surface area (Å²) in [5.74, 6) is -0.818. The first-order chi connectivity index (χ1) is 14.4. The normalized spacial score (nSPS) is 22.6. The maximum absolute atomic E-state index is 13.4. The third-order valence-corrected chi connectivity index (χ3v) is 5.61. The molecule has 6 nitrogen and oxygen atoms in total. The van der Waals surface area contributed by atoms with Gasteiger partial charge in [0.1, 0.15) is 5.60 Å². The predicted molar refractivity (Wildman–Crippen MR) is 109 cm³/mol. The summed E-state index contributed by atoms with van der Waals surface area (Å²) < 4.78 is 45.3. The van der Waals surface area contributed by atoms with Gasteiger partial charge in [-0.25, -0.2) is 4.79 Å². The van der Waals surface area contributed by atoms with Crippen molar-refractivity contribution >= 4 is 17.7 Å². The lowest BCUT2D eigenvalue weighted by Gasteiger charge is -2.30. The van der Waals surface area contributed by atoms with E-state index in [1.165, 1.54) is 11.1 Å². The maximum atomic E-state index is 13.4. The van der Waals surface area contributed by atoms with E-state index in [4.69, 9.17) is 4.74 Å². The molecule has 0 spiro atoms. The predicted octanol–water partition coefficient (Wildman–Crippen LogP) is 4.79. The zero-order valence-corrected chi connectivity index (χ0v) is 18.0. The van der Waals surface area contributed by atoms with E-state index >= 15 is 0 Å². The SMILES string of the molecule is C=CN1C(=O)C2CC(CCc3ncc(C(F)(F)F)cc31)CCN(C(=O)OC(C)(C)C)C2. The highest BCUT2D eigenvalue weighted by Crippen LogP contribution is 2.37. The van der Waals surface area contributed by atoms with Crippen molar-refractivity contribution in [2.24, 2.45) is 11.8 Å². The molecule has 0 saturated carbocycles. The summed E-state index contributed by atoms with van der Waals surface area (Å²) in [7, 11) is 0. The second-order valence-electron chi connectivity index (χ2n) is 9.13. The fourth-order valence-corrected chi connectivity index (χ4v) is 4.11. The Hall–Kier alpha value is -2.58.